The topological polar surface area (TPSA) is 52.6 Å². The van der Waals surface area contributed by atoms with Gasteiger partial charge >= 0.3 is 11.9 Å². The second-order valence-corrected chi connectivity index (χ2v) is 12.1. The standard InChI is InChI=1S/C35H68O4/c1-5-7-9-22-26-30-38-34(36)29-25-21-19-17-15-13-11-12-14-16-18-20-24-28-32(3)33(4)35(37)39-31-27-23-10-8-6-2/h32-33H,5-31H2,1-4H3. The van der Waals surface area contributed by atoms with E-state index in [2.05, 4.69) is 20.8 Å². The first-order chi connectivity index (χ1) is 19.0. The minimum atomic E-state index is -0.00179. The summed E-state index contributed by atoms with van der Waals surface area (Å²) in [6.07, 6.45) is 30.3. The molecule has 0 rings (SSSR count). The Labute approximate surface area is 244 Å². The van der Waals surface area contributed by atoms with E-state index in [1.807, 2.05) is 6.92 Å². The van der Waals surface area contributed by atoms with Crippen LogP contribution in [0.4, 0.5) is 0 Å². The third kappa shape index (κ3) is 26.9. The molecule has 39 heavy (non-hydrogen) atoms. The van der Waals surface area contributed by atoms with Crippen LogP contribution in [0.2, 0.25) is 0 Å². The fourth-order valence-corrected chi connectivity index (χ4v) is 5.14. The van der Waals surface area contributed by atoms with Crippen LogP contribution in [0.25, 0.3) is 0 Å². The average molecular weight is 553 g/mol. The molecule has 0 saturated heterocycles. The number of hydrogen-bond donors (Lipinski definition) is 0. The van der Waals surface area contributed by atoms with Gasteiger partial charge in [-0.05, 0) is 31.6 Å². The molecule has 2 unspecified atom stereocenters. The fraction of sp³-hybridized carbons (Fsp3) is 0.943. The summed E-state index contributed by atoms with van der Waals surface area (Å²) in [6, 6.07) is 0. The van der Waals surface area contributed by atoms with Gasteiger partial charge in [-0.2, -0.15) is 0 Å². The maximum atomic E-state index is 12.3. The highest BCUT2D eigenvalue weighted by atomic mass is 16.5. The molecule has 4 heteroatoms. The Bertz CT molecular complexity index is 533. The van der Waals surface area contributed by atoms with E-state index in [1.165, 1.54) is 122 Å². The summed E-state index contributed by atoms with van der Waals surface area (Å²) in [4.78, 5) is 24.0. The molecule has 0 aromatic rings. The summed E-state index contributed by atoms with van der Waals surface area (Å²) < 4.78 is 10.8. The van der Waals surface area contributed by atoms with Gasteiger partial charge in [0.15, 0.2) is 0 Å². The van der Waals surface area contributed by atoms with E-state index >= 15 is 0 Å². The Kier molecular flexibility index (Phi) is 29.1. The fourth-order valence-electron chi connectivity index (χ4n) is 5.14. The van der Waals surface area contributed by atoms with Crippen LogP contribution in [0.3, 0.4) is 0 Å². The number of rotatable bonds is 30. The summed E-state index contributed by atoms with van der Waals surface area (Å²) in [5, 5.41) is 0. The van der Waals surface area contributed by atoms with Crippen molar-refractivity contribution in [3.63, 3.8) is 0 Å². The van der Waals surface area contributed by atoms with E-state index in [1.54, 1.807) is 0 Å². The molecule has 0 aromatic heterocycles. The van der Waals surface area contributed by atoms with Gasteiger partial charge in [-0.15, -0.1) is 0 Å². The smallest absolute Gasteiger partial charge is 0.308 e. The molecular formula is C35H68O4. The predicted molar refractivity (Wildman–Crippen MR) is 167 cm³/mol. The lowest BCUT2D eigenvalue weighted by Gasteiger charge is -2.18. The molecule has 0 heterocycles. The van der Waals surface area contributed by atoms with Gasteiger partial charge in [0, 0.05) is 6.42 Å². The highest BCUT2D eigenvalue weighted by molar-refractivity contribution is 5.72. The average Bonchev–Trinajstić information content (AvgIpc) is 2.93. The first-order valence-electron chi connectivity index (χ1n) is 17.3. The molecule has 0 aromatic carbocycles. The van der Waals surface area contributed by atoms with E-state index in [0.29, 0.717) is 25.6 Å². The SMILES string of the molecule is CCCCCCCOC(=O)CCCCCCCCCCCCCCCC(C)C(C)C(=O)OCCCCCCC. The number of carbonyl (C=O) groups is 2. The molecule has 0 radical (unpaired) electrons. The van der Waals surface area contributed by atoms with Crippen molar-refractivity contribution in [2.45, 2.75) is 188 Å². The second-order valence-electron chi connectivity index (χ2n) is 12.1. The van der Waals surface area contributed by atoms with Crippen molar-refractivity contribution < 1.29 is 19.1 Å². The molecule has 4 nitrogen and oxygen atoms in total. The highest BCUT2D eigenvalue weighted by Crippen LogP contribution is 2.21. The zero-order chi connectivity index (χ0) is 28.8. The van der Waals surface area contributed by atoms with Gasteiger partial charge in [-0.3, -0.25) is 9.59 Å². The zero-order valence-electron chi connectivity index (χ0n) is 26.9. The summed E-state index contributed by atoms with van der Waals surface area (Å²) in [7, 11) is 0. The van der Waals surface area contributed by atoms with Crippen molar-refractivity contribution in [2.24, 2.45) is 11.8 Å². The quantitative estimate of drug-likeness (QED) is 0.0656. The monoisotopic (exact) mass is 553 g/mol. The lowest BCUT2D eigenvalue weighted by Crippen LogP contribution is -2.22. The number of unbranched alkanes of at least 4 members (excludes halogenated alkanes) is 20. The summed E-state index contributed by atoms with van der Waals surface area (Å²) in [5.74, 6) is 0.433. The number of hydrogen-bond acceptors (Lipinski definition) is 4. The first kappa shape index (κ1) is 37.9. The van der Waals surface area contributed by atoms with Gasteiger partial charge in [0.1, 0.15) is 0 Å². The largest absolute Gasteiger partial charge is 0.466 e. The predicted octanol–water partition coefficient (Wildman–Crippen LogP) is 11.1. The van der Waals surface area contributed by atoms with E-state index in [9.17, 15) is 9.59 Å². The van der Waals surface area contributed by atoms with Crippen LogP contribution in [-0.4, -0.2) is 25.2 Å². The van der Waals surface area contributed by atoms with Gasteiger partial charge in [0.05, 0.1) is 19.1 Å². The van der Waals surface area contributed by atoms with E-state index in [4.69, 9.17) is 9.47 Å². The Morgan fingerprint density at radius 3 is 1.36 bits per heavy atom. The minimum absolute atomic E-state index is 0.00138. The third-order valence-corrected chi connectivity index (χ3v) is 8.27. The van der Waals surface area contributed by atoms with E-state index in [-0.39, 0.29) is 17.9 Å². The van der Waals surface area contributed by atoms with Crippen molar-refractivity contribution in [1.29, 1.82) is 0 Å². The molecule has 0 aliphatic rings. The maximum Gasteiger partial charge on any atom is 0.308 e. The molecule has 2 atom stereocenters. The molecule has 0 bridgehead atoms. The van der Waals surface area contributed by atoms with E-state index < -0.39 is 0 Å². The number of carbonyl (C=O) groups excluding carboxylic acids is 2. The molecule has 0 fully saturated rings. The normalized spacial score (nSPS) is 12.8. The summed E-state index contributed by atoms with van der Waals surface area (Å²) in [5.41, 5.74) is 0. The minimum Gasteiger partial charge on any atom is -0.466 e. The molecule has 0 N–H and O–H groups in total. The molecule has 232 valence electrons. The molecule has 0 aliphatic heterocycles. The van der Waals surface area contributed by atoms with Crippen LogP contribution < -0.4 is 0 Å². The lowest BCUT2D eigenvalue weighted by atomic mass is 9.90. The molecule has 0 amide bonds. The van der Waals surface area contributed by atoms with Crippen LogP contribution in [0, 0.1) is 11.8 Å². The van der Waals surface area contributed by atoms with Crippen LogP contribution >= 0.6 is 0 Å². The summed E-state index contributed by atoms with van der Waals surface area (Å²) in [6.45, 7) is 9.88. The first-order valence-corrected chi connectivity index (χ1v) is 17.3. The molecular weight excluding hydrogens is 484 g/mol. The maximum absolute atomic E-state index is 12.3. The number of esters is 2. The van der Waals surface area contributed by atoms with Crippen molar-refractivity contribution in [3.8, 4) is 0 Å². The Morgan fingerprint density at radius 2 is 0.872 bits per heavy atom. The van der Waals surface area contributed by atoms with Gasteiger partial charge < -0.3 is 9.47 Å². The van der Waals surface area contributed by atoms with Crippen LogP contribution in [-0.2, 0) is 19.1 Å². The second kappa shape index (κ2) is 29.9. The van der Waals surface area contributed by atoms with Crippen molar-refractivity contribution in [1.82, 2.24) is 0 Å². The molecule has 0 spiro atoms. The van der Waals surface area contributed by atoms with Gasteiger partial charge in [0.25, 0.3) is 0 Å². The molecule has 0 saturated carbocycles. The molecule has 0 aliphatic carbocycles. The highest BCUT2D eigenvalue weighted by Gasteiger charge is 2.21. The third-order valence-electron chi connectivity index (χ3n) is 8.27. The van der Waals surface area contributed by atoms with Crippen molar-refractivity contribution >= 4 is 11.9 Å². The summed E-state index contributed by atoms with van der Waals surface area (Å²) >= 11 is 0. The van der Waals surface area contributed by atoms with Crippen LogP contribution in [0.15, 0.2) is 0 Å². The lowest BCUT2D eigenvalue weighted by molar-refractivity contribution is -0.150. The zero-order valence-corrected chi connectivity index (χ0v) is 26.9. The number of ether oxygens (including phenoxy) is 2. The van der Waals surface area contributed by atoms with Crippen molar-refractivity contribution in [3.05, 3.63) is 0 Å². The van der Waals surface area contributed by atoms with Gasteiger partial charge in [0.2, 0.25) is 0 Å². The van der Waals surface area contributed by atoms with E-state index in [0.717, 1.165) is 32.1 Å². The Hall–Kier alpha value is -1.06. The van der Waals surface area contributed by atoms with Gasteiger partial charge in [-0.1, -0.05) is 156 Å². The van der Waals surface area contributed by atoms with Gasteiger partial charge in [-0.25, -0.2) is 0 Å². The van der Waals surface area contributed by atoms with Crippen LogP contribution in [0.5, 0.6) is 0 Å². The Balaban J connectivity index is 3.38. The van der Waals surface area contributed by atoms with Crippen molar-refractivity contribution in [2.75, 3.05) is 13.2 Å². The van der Waals surface area contributed by atoms with Crippen LogP contribution in [0.1, 0.15) is 188 Å². The Morgan fingerprint density at radius 1 is 0.487 bits per heavy atom.